The summed E-state index contributed by atoms with van der Waals surface area (Å²) in [6, 6.07) is 8.23. The van der Waals surface area contributed by atoms with Crippen molar-refractivity contribution in [3.63, 3.8) is 0 Å². The minimum Gasteiger partial charge on any atom is -0.497 e. The topological polar surface area (TPSA) is 55.7 Å². The van der Waals surface area contributed by atoms with Gasteiger partial charge in [0.05, 0.1) is 18.1 Å². The summed E-state index contributed by atoms with van der Waals surface area (Å²) in [6.45, 7) is 6.05. The van der Waals surface area contributed by atoms with E-state index in [1.54, 1.807) is 7.11 Å². The lowest BCUT2D eigenvalue weighted by Crippen LogP contribution is -2.02. The fraction of sp³-hybridized carbons (Fsp3) is 0.222. The zero-order valence-corrected chi connectivity index (χ0v) is 13.6. The molecule has 23 heavy (non-hydrogen) atoms. The summed E-state index contributed by atoms with van der Waals surface area (Å²) in [7, 11) is 1.69. The van der Waals surface area contributed by atoms with Crippen molar-refractivity contribution >= 4 is 21.9 Å². The summed E-state index contributed by atoms with van der Waals surface area (Å²) >= 11 is 0. The number of rotatable bonds is 2. The number of ether oxygens (including phenoxy) is 1. The van der Waals surface area contributed by atoms with Crippen LogP contribution in [0.3, 0.4) is 0 Å². The molecule has 3 aromatic heterocycles. The Hall–Kier alpha value is -2.82. The van der Waals surface area contributed by atoms with E-state index < -0.39 is 0 Å². The maximum absolute atomic E-state index is 5.37. The summed E-state index contributed by atoms with van der Waals surface area (Å²) in [4.78, 5) is 12.6. The predicted octanol–water partition coefficient (Wildman–Crippen LogP) is 3.84. The Morgan fingerprint density at radius 3 is 2.70 bits per heavy atom. The van der Waals surface area contributed by atoms with Gasteiger partial charge in [0.25, 0.3) is 0 Å². The van der Waals surface area contributed by atoms with Crippen LogP contribution in [0, 0.1) is 20.8 Å². The van der Waals surface area contributed by atoms with Crippen molar-refractivity contribution in [1.82, 2.24) is 19.5 Å². The van der Waals surface area contributed by atoms with Crippen LogP contribution in [0.25, 0.3) is 27.8 Å². The summed E-state index contributed by atoms with van der Waals surface area (Å²) in [6.07, 6.45) is 2.05. The highest BCUT2D eigenvalue weighted by atomic mass is 16.5. The van der Waals surface area contributed by atoms with Gasteiger partial charge in [0, 0.05) is 17.3 Å². The van der Waals surface area contributed by atoms with Crippen molar-refractivity contribution in [1.29, 1.82) is 0 Å². The summed E-state index contributed by atoms with van der Waals surface area (Å²) < 4.78 is 7.49. The first-order valence-electron chi connectivity index (χ1n) is 7.57. The Balaban J connectivity index is 2.07. The van der Waals surface area contributed by atoms with Crippen LogP contribution in [0.4, 0.5) is 0 Å². The van der Waals surface area contributed by atoms with Crippen LogP contribution in [0.2, 0.25) is 0 Å². The smallest absolute Gasteiger partial charge is 0.165 e. The van der Waals surface area contributed by atoms with Gasteiger partial charge in [0.1, 0.15) is 17.1 Å². The molecule has 1 N–H and O–H groups in total. The molecule has 0 aliphatic rings. The van der Waals surface area contributed by atoms with Crippen LogP contribution in [-0.4, -0.2) is 26.6 Å². The van der Waals surface area contributed by atoms with E-state index in [9.17, 15) is 0 Å². The summed E-state index contributed by atoms with van der Waals surface area (Å²) in [5, 5.41) is 1.13. The van der Waals surface area contributed by atoms with E-state index in [2.05, 4.69) is 44.8 Å². The molecule has 4 aromatic rings. The number of methoxy groups -OCH3 is 1. The maximum Gasteiger partial charge on any atom is 0.165 e. The number of aromatic amines is 1. The second kappa shape index (κ2) is 4.84. The van der Waals surface area contributed by atoms with Crippen LogP contribution in [0.15, 0.2) is 30.5 Å². The molecule has 0 aliphatic carbocycles. The number of fused-ring (bicyclic) bond motifs is 2. The standard InChI is InChI=1S/C18H18N4O/c1-10-7-14(23-4)9-13-5-6-22(17(10)13)18-16-15(8-11(2)19-16)20-12(3)21-18/h5-9,19H,1-4H3. The molecule has 5 heteroatoms. The monoisotopic (exact) mass is 306 g/mol. The van der Waals surface area contributed by atoms with Gasteiger partial charge in [0.15, 0.2) is 5.82 Å². The van der Waals surface area contributed by atoms with E-state index in [1.807, 2.05) is 26.0 Å². The average Bonchev–Trinajstić information content (AvgIpc) is 3.09. The van der Waals surface area contributed by atoms with Crippen molar-refractivity contribution in [2.24, 2.45) is 0 Å². The number of benzene rings is 1. The third-order valence-electron chi connectivity index (χ3n) is 4.12. The van der Waals surface area contributed by atoms with Crippen molar-refractivity contribution in [2.75, 3.05) is 7.11 Å². The number of hydrogen-bond donors (Lipinski definition) is 1. The zero-order valence-electron chi connectivity index (χ0n) is 13.6. The third-order valence-corrected chi connectivity index (χ3v) is 4.12. The molecule has 0 saturated heterocycles. The van der Waals surface area contributed by atoms with E-state index in [4.69, 9.17) is 4.74 Å². The number of nitrogens with one attached hydrogen (secondary N) is 1. The Bertz CT molecular complexity index is 1040. The third kappa shape index (κ3) is 2.08. The first-order chi connectivity index (χ1) is 11.1. The molecule has 116 valence electrons. The van der Waals surface area contributed by atoms with Gasteiger partial charge < -0.3 is 9.72 Å². The van der Waals surface area contributed by atoms with Gasteiger partial charge in [-0.3, -0.25) is 4.57 Å². The molecule has 5 nitrogen and oxygen atoms in total. The maximum atomic E-state index is 5.37. The highest BCUT2D eigenvalue weighted by molar-refractivity contribution is 5.90. The van der Waals surface area contributed by atoms with Gasteiger partial charge in [0.2, 0.25) is 0 Å². The Morgan fingerprint density at radius 1 is 1.09 bits per heavy atom. The van der Waals surface area contributed by atoms with Crippen LogP contribution in [0.5, 0.6) is 5.75 Å². The first-order valence-corrected chi connectivity index (χ1v) is 7.57. The lowest BCUT2D eigenvalue weighted by molar-refractivity contribution is 0.415. The van der Waals surface area contributed by atoms with Crippen LogP contribution in [0.1, 0.15) is 17.1 Å². The van der Waals surface area contributed by atoms with Crippen molar-refractivity contribution < 1.29 is 4.74 Å². The zero-order chi connectivity index (χ0) is 16.1. The molecule has 0 fully saturated rings. The van der Waals surface area contributed by atoms with Gasteiger partial charge in [-0.1, -0.05) is 0 Å². The summed E-state index contributed by atoms with van der Waals surface area (Å²) in [5.41, 5.74) is 5.27. The fourth-order valence-electron chi connectivity index (χ4n) is 3.17. The molecule has 1 aromatic carbocycles. The molecule has 4 rings (SSSR count). The minimum absolute atomic E-state index is 0.763. The number of hydrogen-bond acceptors (Lipinski definition) is 3. The van der Waals surface area contributed by atoms with Gasteiger partial charge in [-0.2, -0.15) is 0 Å². The lowest BCUT2D eigenvalue weighted by atomic mass is 10.1. The van der Waals surface area contributed by atoms with Crippen LogP contribution < -0.4 is 4.74 Å². The average molecular weight is 306 g/mol. The molecule has 0 amide bonds. The van der Waals surface area contributed by atoms with Crippen molar-refractivity contribution in [2.45, 2.75) is 20.8 Å². The second-order valence-electron chi connectivity index (χ2n) is 5.87. The van der Waals surface area contributed by atoms with E-state index in [1.165, 1.54) is 0 Å². The highest BCUT2D eigenvalue weighted by Gasteiger charge is 2.14. The van der Waals surface area contributed by atoms with Crippen molar-refractivity contribution in [3.05, 3.63) is 47.5 Å². The molecular weight excluding hydrogens is 288 g/mol. The number of aryl methyl sites for hydroxylation is 3. The predicted molar refractivity (Wildman–Crippen MR) is 91.5 cm³/mol. The van der Waals surface area contributed by atoms with Gasteiger partial charge in [-0.25, -0.2) is 9.97 Å². The normalized spacial score (nSPS) is 11.5. The lowest BCUT2D eigenvalue weighted by Gasteiger charge is -2.10. The molecule has 0 aliphatic heterocycles. The van der Waals surface area contributed by atoms with Crippen LogP contribution >= 0.6 is 0 Å². The molecule has 3 heterocycles. The Morgan fingerprint density at radius 2 is 1.91 bits per heavy atom. The minimum atomic E-state index is 0.763. The van der Waals surface area contributed by atoms with Crippen molar-refractivity contribution in [3.8, 4) is 11.6 Å². The second-order valence-corrected chi connectivity index (χ2v) is 5.87. The van der Waals surface area contributed by atoms with Gasteiger partial charge >= 0.3 is 0 Å². The molecule has 0 unspecified atom stereocenters. The largest absolute Gasteiger partial charge is 0.497 e. The number of aromatic nitrogens is 4. The molecule has 0 atom stereocenters. The van der Waals surface area contributed by atoms with E-state index in [-0.39, 0.29) is 0 Å². The van der Waals surface area contributed by atoms with Gasteiger partial charge in [-0.05, 0) is 50.6 Å². The Labute approximate surface area is 133 Å². The van der Waals surface area contributed by atoms with E-state index in [0.717, 1.165) is 50.6 Å². The molecular formula is C18H18N4O. The van der Waals surface area contributed by atoms with E-state index in [0.29, 0.717) is 0 Å². The molecule has 0 saturated carbocycles. The highest BCUT2D eigenvalue weighted by Crippen LogP contribution is 2.30. The van der Waals surface area contributed by atoms with E-state index >= 15 is 0 Å². The molecule has 0 spiro atoms. The molecule has 0 bridgehead atoms. The van der Waals surface area contributed by atoms with Gasteiger partial charge in [-0.15, -0.1) is 0 Å². The quantitative estimate of drug-likeness (QED) is 0.612. The SMILES string of the molecule is COc1cc(C)c2c(ccn2-c2nc(C)nc3cc(C)[nH]c23)c1. The number of H-pyrrole nitrogens is 1. The molecule has 0 radical (unpaired) electrons. The first kappa shape index (κ1) is 13.8. The summed E-state index contributed by atoms with van der Waals surface area (Å²) in [5.74, 6) is 2.51. The Kier molecular flexibility index (Phi) is 2.91. The van der Waals surface area contributed by atoms with Crippen LogP contribution in [-0.2, 0) is 0 Å². The number of nitrogens with zero attached hydrogens (tertiary/aromatic N) is 3. The fourth-order valence-corrected chi connectivity index (χ4v) is 3.17.